The van der Waals surface area contributed by atoms with E-state index in [0.29, 0.717) is 24.0 Å². The largest absolute Gasteiger partial charge is 0.384 e. The minimum atomic E-state index is 0.467. The molecule has 0 unspecified atom stereocenters. The second kappa shape index (κ2) is 4.58. The van der Waals surface area contributed by atoms with Crippen LogP contribution >= 0.6 is 11.3 Å². The highest BCUT2D eigenvalue weighted by molar-refractivity contribution is 7.09. The van der Waals surface area contributed by atoms with Crippen LogP contribution in [-0.4, -0.2) is 15.1 Å². The molecule has 0 aliphatic carbocycles. The summed E-state index contributed by atoms with van der Waals surface area (Å²) in [5, 5.41) is 5.98. The summed E-state index contributed by atoms with van der Waals surface area (Å²) in [6.07, 6.45) is 2.31. The fraction of sp³-hybridized carbons (Fsp3) is 0.0833. The predicted molar refractivity (Wildman–Crippen MR) is 69.1 cm³/mol. The van der Waals surface area contributed by atoms with Crippen molar-refractivity contribution in [1.29, 1.82) is 0 Å². The van der Waals surface area contributed by atoms with Gasteiger partial charge in [0.15, 0.2) is 5.82 Å². The summed E-state index contributed by atoms with van der Waals surface area (Å²) in [5.41, 5.74) is 6.30. The third kappa shape index (κ3) is 2.23. The molecule has 3 heterocycles. The molecule has 3 aromatic heterocycles. The van der Waals surface area contributed by atoms with Gasteiger partial charge in [0.1, 0.15) is 5.82 Å². The average molecular weight is 258 g/mol. The van der Waals surface area contributed by atoms with Crippen LogP contribution in [0.5, 0.6) is 0 Å². The number of hydrogen-bond donors (Lipinski definition) is 1. The smallest absolute Gasteiger partial charge is 0.259 e. The minimum Gasteiger partial charge on any atom is -0.384 e. The molecule has 0 aromatic carbocycles. The number of nitrogen functional groups attached to an aromatic ring is 1. The normalized spacial score (nSPS) is 10.7. The predicted octanol–water partition coefficient (Wildman–Crippen LogP) is 2.37. The lowest BCUT2D eigenvalue weighted by molar-refractivity contribution is 0.424. The van der Waals surface area contributed by atoms with E-state index in [1.807, 2.05) is 23.6 Å². The fourth-order valence-corrected chi connectivity index (χ4v) is 2.25. The summed E-state index contributed by atoms with van der Waals surface area (Å²) in [6.45, 7) is 0. The molecule has 0 saturated heterocycles. The van der Waals surface area contributed by atoms with Crippen LogP contribution in [0.1, 0.15) is 10.7 Å². The summed E-state index contributed by atoms with van der Waals surface area (Å²) in [4.78, 5) is 9.53. The molecule has 0 saturated carbocycles. The second-order valence-electron chi connectivity index (χ2n) is 3.74. The molecule has 0 aliphatic rings. The third-order valence-corrected chi connectivity index (χ3v) is 3.29. The molecule has 0 fully saturated rings. The summed E-state index contributed by atoms with van der Waals surface area (Å²) in [7, 11) is 0. The molecule has 6 heteroatoms. The van der Waals surface area contributed by atoms with Crippen molar-refractivity contribution in [3.63, 3.8) is 0 Å². The van der Waals surface area contributed by atoms with Crippen molar-refractivity contribution in [1.82, 2.24) is 15.1 Å². The number of thiophene rings is 1. The number of aromatic nitrogens is 3. The summed E-state index contributed by atoms with van der Waals surface area (Å²) < 4.78 is 5.20. The van der Waals surface area contributed by atoms with Gasteiger partial charge in [-0.05, 0) is 23.6 Å². The Hall–Kier alpha value is -2.21. The highest BCUT2D eigenvalue weighted by Crippen LogP contribution is 2.19. The molecule has 5 nitrogen and oxygen atoms in total. The van der Waals surface area contributed by atoms with Crippen LogP contribution < -0.4 is 5.73 Å². The van der Waals surface area contributed by atoms with Crippen molar-refractivity contribution in [3.8, 4) is 11.5 Å². The summed E-state index contributed by atoms with van der Waals surface area (Å²) in [6, 6.07) is 7.57. The average Bonchev–Trinajstić information content (AvgIpc) is 3.02. The van der Waals surface area contributed by atoms with Crippen molar-refractivity contribution in [3.05, 3.63) is 46.5 Å². The first-order valence-electron chi connectivity index (χ1n) is 5.38. The molecular weight excluding hydrogens is 248 g/mol. The van der Waals surface area contributed by atoms with Gasteiger partial charge in [-0.15, -0.1) is 11.3 Å². The number of nitrogens with two attached hydrogens (primary N) is 1. The highest BCUT2D eigenvalue weighted by atomic mass is 32.1. The maximum atomic E-state index is 5.52. The molecule has 3 aromatic rings. The highest BCUT2D eigenvalue weighted by Gasteiger charge is 2.09. The first-order chi connectivity index (χ1) is 8.81. The Bertz CT molecular complexity index is 630. The summed E-state index contributed by atoms with van der Waals surface area (Å²) >= 11 is 1.67. The van der Waals surface area contributed by atoms with Gasteiger partial charge in [0.25, 0.3) is 5.89 Å². The molecule has 90 valence electrons. The number of rotatable bonds is 3. The SMILES string of the molecule is Nc1ccc(-c2nc(Cc3cccs3)no2)cn1. The van der Waals surface area contributed by atoms with Gasteiger partial charge in [0.2, 0.25) is 0 Å². The van der Waals surface area contributed by atoms with Gasteiger partial charge in [0.05, 0.1) is 5.56 Å². The first kappa shape index (κ1) is 10.9. The molecule has 0 bridgehead atoms. The van der Waals surface area contributed by atoms with Crippen LogP contribution in [0.2, 0.25) is 0 Å². The van der Waals surface area contributed by atoms with E-state index >= 15 is 0 Å². The van der Waals surface area contributed by atoms with E-state index in [4.69, 9.17) is 10.3 Å². The van der Waals surface area contributed by atoms with Gasteiger partial charge in [-0.25, -0.2) is 4.98 Å². The van der Waals surface area contributed by atoms with Gasteiger partial charge < -0.3 is 10.3 Å². The number of hydrogen-bond acceptors (Lipinski definition) is 6. The maximum absolute atomic E-state index is 5.52. The third-order valence-electron chi connectivity index (χ3n) is 2.41. The van der Waals surface area contributed by atoms with E-state index in [1.165, 1.54) is 4.88 Å². The van der Waals surface area contributed by atoms with E-state index in [1.54, 1.807) is 23.6 Å². The molecule has 3 rings (SSSR count). The Labute approximate surface area is 107 Å². The van der Waals surface area contributed by atoms with Gasteiger partial charge in [-0.2, -0.15) is 4.98 Å². The second-order valence-corrected chi connectivity index (χ2v) is 4.78. The Balaban J connectivity index is 1.83. The quantitative estimate of drug-likeness (QED) is 0.780. The number of pyridine rings is 1. The zero-order valence-corrected chi connectivity index (χ0v) is 10.2. The zero-order valence-electron chi connectivity index (χ0n) is 9.41. The molecule has 0 amide bonds. The van der Waals surface area contributed by atoms with Crippen LogP contribution in [-0.2, 0) is 6.42 Å². The van der Waals surface area contributed by atoms with Crippen LogP contribution in [0.25, 0.3) is 11.5 Å². The zero-order chi connectivity index (χ0) is 12.4. The molecule has 18 heavy (non-hydrogen) atoms. The van der Waals surface area contributed by atoms with Crippen LogP contribution in [0, 0.1) is 0 Å². The van der Waals surface area contributed by atoms with Crippen molar-refractivity contribution >= 4 is 17.2 Å². The van der Waals surface area contributed by atoms with E-state index < -0.39 is 0 Å². The first-order valence-corrected chi connectivity index (χ1v) is 6.26. The van der Waals surface area contributed by atoms with Crippen molar-refractivity contribution in [2.24, 2.45) is 0 Å². The van der Waals surface area contributed by atoms with Gasteiger partial charge in [-0.3, -0.25) is 0 Å². The summed E-state index contributed by atoms with van der Waals surface area (Å²) in [5.74, 6) is 1.61. The Morgan fingerprint density at radius 2 is 2.22 bits per heavy atom. The maximum Gasteiger partial charge on any atom is 0.259 e. The monoisotopic (exact) mass is 258 g/mol. The topological polar surface area (TPSA) is 77.8 Å². The molecule has 2 N–H and O–H groups in total. The van der Waals surface area contributed by atoms with Gasteiger partial charge >= 0.3 is 0 Å². The molecule has 0 aliphatic heterocycles. The van der Waals surface area contributed by atoms with Gasteiger partial charge in [-0.1, -0.05) is 11.2 Å². The molecular formula is C12H10N4OS. The minimum absolute atomic E-state index is 0.467. The van der Waals surface area contributed by atoms with Crippen LogP contribution in [0.15, 0.2) is 40.4 Å². The van der Waals surface area contributed by atoms with E-state index in [0.717, 1.165) is 5.56 Å². The lowest BCUT2D eigenvalue weighted by atomic mass is 10.3. The molecule has 0 atom stereocenters. The lowest BCUT2D eigenvalue weighted by Gasteiger charge is -1.93. The fourth-order valence-electron chi connectivity index (χ4n) is 1.54. The Morgan fingerprint density at radius 3 is 2.94 bits per heavy atom. The van der Waals surface area contributed by atoms with Crippen molar-refractivity contribution < 1.29 is 4.52 Å². The van der Waals surface area contributed by atoms with E-state index in [9.17, 15) is 0 Å². The van der Waals surface area contributed by atoms with Gasteiger partial charge in [0, 0.05) is 17.5 Å². The van der Waals surface area contributed by atoms with Crippen LogP contribution in [0.4, 0.5) is 5.82 Å². The molecule has 0 spiro atoms. The van der Waals surface area contributed by atoms with Crippen molar-refractivity contribution in [2.45, 2.75) is 6.42 Å². The van der Waals surface area contributed by atoms with E-state index in [2.05, 4.69) is 15.1 Å². The van der Waals surface area contributed by atoms with Crippen LogP contribution in [0.3, 0.4) is 0 Å². The lowest BCUT2D eigenvalue weighted by Crippen LogP contribution is -1.90. The number of nitrogens with zero attached hydrogens (tertiary/aromatic N) is 3. The number of anilines is 1. The Kier molecular flexibility index (Phi) is 2.77. The standard InChI is InChI=1S/C12H10N4OS/c13-10-4-3-8(7-14-10)12-15-11(16-17-12)6-9-2-1-5-18-9/h1-5,7H,6H2,(H2,13,14). The van der Waals surface area contributed by atoms with Crippen molar-refractivity contribution in [2.75, 3.05) is 5.73 Å². The van der Waals surface area contributed by atoms with E-state index in [-0.39, 0.29) is 0 Å². The Morgan fingerprint density at radius 1 is 1.28 bits per heavy atom. The molecule has 0 radical (unpaired) electrons.